The van der Waals surface area contributed by atoms with E-state index < -0.39 is 12.0 Å². The van der Waals surface area contributed by atoms with Crippen molar-refractivity contribution in [3.05, 3.63) is 111 Å². The molecule has 8 heteroatoms. The predicted molar refractivity (Wildman–Crippen MR) is 153 cm³/mol. The number of halogens is 1. The summed E-state index contributed by atoms with van der Waals surface area (Å²) in [7, 11) is 2.23. The number of fused-ring (bicyclic) bond motifs is 1. The maximum absolute atomic E-state index is 13.1. The molecule has 1 aromatic heterocycles. The van der Waals surface area contributed by atoms with Gasteiger partial charge in [-0.05, 0) is 48.6 Å². The molecule has 3 atom stereocenters. The lowest BCUT2D eigenvalue weighted by atomic mass is 10.0. The molecule has 1 aliphatic rings. The van der Waals surface area contributed by atoms with Crippen molar-refractivity contribution in [2.75, 3.05) is 20.1 Å². The third-order valence-corrected chi connectivity index (χ3v) is 7.43. The molecule has 1 fully saturated rings. The Morgan fingerprint density at radius 3 is 2.36 bits per heavy atom. The maximum atomic E-state index is 13.1. The van der Waals surface area contributed by atoms with E-state index in [4.69, 9.17) is 22.4 Å². The van der Waals surface area contributed by atoms with Crippen LogP contribution in [0.3, 0.4) is 0 Å². The first kappa shape index (κ1) is 28.5. The molecule has 204 valence electrons. The summed E-state index contributed by atoms with van der Waals surface area (Å²) in [4.78, 5) is 24.9. The number of likely N-dealkylation sites (tertiary alicyclic amines) is 1. The zero-order valence-electron chi connectivity index (χ0n) is 22.2. The van der Waals surface area contributed by atoms with Crippen LogP contribution in [0.2, 0.25) is 5.02 Å². The van der Waals surface area contributed by atoms with Crippen LogP contribution in [-0.4, -0.2) is 41.9 Å². The van der Waals surface area contributed by atoms with Crippen molar-refractivity contribution in [2.45, 2.75) is 44.2 Å². The van der Waals surface area contributed by atoms with Crippen molar-refractivity contribution in [3.63, 3.8) is 0 Å². The van der Waals surface area contributed by atoms with Gasteiger partial charge in [0, 0.05) is 29.3 Å². The number of carboxylic acid groups (broad SMARTS) is 1. The lowest BCUT2D eigenvalue weighted by Gasteiger charge is -2.18. The normalized spacial score (nSPS) is 18.0. The molecule has 5 rings (SSSR count). The number of nitrogens with one attached hydrogen (secondary N) is 1. The van der Waals surface area contributed by atoms with Crippen molar-refractivity contribution < 1.29 is 14.8 Å². The lowest BCUT2D eigenvalue weighted by molar-refractivity contribution is -0.878. The fourth-order valence-electron chi connectivity index (χ4n) is 4.97. The Hall–Kier alpha value is -3.52. The van der Waals surface area contributed by atoms with Crippen molar-refractivity contribution in [2.24, 2.45) is 5.73 Å². The number of carbonyl (C=O) groups excluding carboxylic acids is 1. The summed E-state index contributed by atoms with van der Waals surface area (Å²) in [6, 6.07) is 24.2. The molecule has 1 aliphatic heterocycles. The summed E-state index contributed by atoms with van der Waals surface area (Å²) >= 11 is 6.02. The van der Waals surface area contributed by atoms with E-state index in [1.807, 2.05) is 78.9 Å². The van der Waals surface area contributed by atoms with Crippen molar-refractivity contribution in [1.29, 1.82) is 0 Å². The minimum Gasteiger partial charge on any atom is -0.548 e. The summed E-state index contributed by atoms with van der Waals surface area (Å²) in [6.07, 6.45) is 4.16. The smallest absolute Gasteiger partial charge is 0.274 e. The van der Waals surface area contributed by atoms with Crippen LogP contribution < -0.4 is 21.3 Å². The van der Waals surface area contributed by atoms with Crippen LogP contribution in [0, 0.1) is 0 Å². The molecule has 1 saturated heterocycles. The van der Waals surface area contributed by atoms with Crippen LogP contribution in [0.15, 0.2) is 83.7 Å². The summed E-state index contributed by atoms with van der Waals surface area (Å²) in [5, 5.41) is 17.6. The van der Waals surface area contributed by atoms with Crippen molar-refractivity contribution in [3.8, 4) is 0 Å². The molecule has 2 heterocycles. The molecule has 0 amide bonds. The second-order valence-corrected chi connectivity index (χ2v) is 10.6. The van der Waals surface area contributed by atoms with Crippen molar-refractivity contribution in [1.82, 2.24) is 9.78 Å². The van der Waals surface area contributed by atoms with E-state index in [-0.39, 0.29) is 11.6 Å². The van der Waals surface area contributed by atoms with Gasteiger partial charge in [-0.25, -0.2) is 4.68 Å². The minimum atomic E-state index is -1.21. The first-order chi connectivity index (χ1) is 18.8. The largest absolute Gasteiger partial charge is 0.548 e. The first-order valence-electron chi connectivity index (χ1n) is 13.4. The van der Waals surface area contributed by atoms with E-state index in [0.717, 1.165) is 65.0 Å². The van der Waals surface area contributed by atoms with E-state index in [1.165, 1.54) is 4.90 Å². The topological polar surface area (TPSA) is 105 Å². The van der Waals surface area contributed by atoms with Crippen LogP contribution >= 0.6 is 11.6 Å². The number of hydrogen-bond donors (Lipinski definition) is 2. The van der Waals surface area contributed by atoms with Gasteiger partial charge in [0.2, 0.25) is 0 Å². The fraction of sp³-hybridized carbons (Fsp3) is 0.323. The third-order valence-electron chi connectivity index (χ3n) is 7.18. The van der Waals surface area contributed by atoms with Crippen LogP contribution in [0.25, 0.3) is 10.8 Å². The standard InChI is InChI=1S/C22H24ClN3O.C9H11NO2/c1-25-13-4-5-18(12-14-25)26-22(27)20-7-3-2-6-19(20)21(24-26)15-16-8-10-17(23)11-9-16;10-8(9(11)12)6-7-4-2-1-3-5-7/h2-3,6-11,18H,4-5,12-15H2,1H3;1-5,8H,6,10H2,(H,11,12). The molecule has 0 saturated carbocycles. The lowest BCUT2D eigenvalue weighted by Crippen LogP contribution is -3.08. The second-order valence-electron chi connectivity index (χ2n) is 10.2. The summed E-state index contributed by atoms with van der Waals surface area (Å²) < 4.78 is 1.77. The number of carbonyl (C=O) groups is 1. The van der Waals surface area contributed by atoms with Gasteiger partial charge in [-0.15, -0.1) is 0 Å². The number of nitrogens with zero attached hydrogens (tertiary/aromatic N) is 2. The Morgan fingerprint density at radius 1 is 1.00 bits per heavy atom. The van der Waals surface area contributed by atoms with Gasteiger partial charge < -0.3 is 20.5 Å². The highest BCUT2D eigenvalue weighted by molar-refractivity contribution is 6.30. The number of benzene rings is 3. The number of nitrogens with two attached hydrogens (primary N) is 1. The SMILES string of the molecule is C[NH+]1CCCC(n2nc(Cc3ccc(Cl)cc3)c3ccccc3c2=O)CC1.NC(Cc1ccccc1)C(=O)[O-]. The highest BCUT2D eigenvalue weighted by Crippen LogP contribution is 2.22. The molecule has 0 radical (unpaired) electrons. The van der Waals surface area contributed by atoms with E-state index in [0.29, 0.717) is 12.8 Å². The van der Waals surface area contributed by atoms with E-state index in [1.54, 1.807) is 4.68 Å². The van der Waals surface area contributed by atoms with E-state index >= 15 is 0 Å². The van der Waals surface area contributed by atoms with Gasteiger partial charge in [0.25, 0.3) is 5.56 Å². The van der Waals surface area contributed by atoms with E-state index in [9.17, 15) is 14.7 Å². The van der Waals surface area contributed by atoms with Crippen LogP contribution in [0.1, 0.15) is 42.1 Å². The number of rotatable bonds is 6. The fourth-order valence-corrected chi connectivity index (χ4v) is 5.09. The number of carboxylic acids is 1. The summed E-state index contributed by atoms with van der Waals surface area (Å²) in [6.45, 7) is 2.24. The highest BCUT2D eigenvalue weighted by atomic mass is 35.5. The maximum Gasteiger partial charge on any atom is 0.274 e. The number of hydrogen-bond acceptors (Lipinski definition) is 5. The number of aromatic nitrogens is 2. The second kappa shape index (κ2) is 13.5. The number of quaternary nitrogens is 1. The van der Waals surface area contributed by atoms with Gasteiger partial charge in [0.1, 0.15) is 0 Å². The molecular weight excluding hydrogens is 512 g/mol. The molecule has 4 aromatic rings. The van der Waals surface area contributed by atoms with Gasteiger partial charge in [-0.2, -0.15) is 5.10 Å². The van der Waals surface area contributed by atoms with Crippen LogP contribution in [0.5, 0.6) is 0 Å². The number of aliphatic carboxylic acids is 1. The van der Waals surface area contributed by atoms with Gasteiger partial charge in [0.05, 0.1) is 43.2 Å². The molecule has 39 heavy (non-hydrogen) atoms. The predicted octanol–water partition coefficient (Wildman–Crippen LogP) is 2.19. The molecule has 3 aromatic carbocycles. The molecule has 0 aliphatic carbocycles. The Labute approximate surface area is 233 Å². The van der Waals surface area contributed by atoms with Gasteiger partial charge in [0.15, 0.2) is 0 Å². The van der Waals surface area contributed by atoms with Crippen LogP contribution in [0.4, 0.5) is 0 Å². The van der Waals surface area contributed by atoms with E-state index in [2.05, 4.69) is 7.05 Å². The average Bonchev–Trinajstić information content (AvgIpc) is 3.16. The Morgan fingerprint density at radius 2 is 1.67 bits per heavy atom. The quantitative estimate of drug-likeness (QED) is 0.386. The minimum absolute atomic E-state index is 0.0370. The van der Waals surface area contributed by atoms with Gasteiger partial charge in [-0.1, -0.05) is 72.3 Å². The molecule has 3 unspecified atom stereocenters. The zero-order valence-corrected chi connectivity index (χ0v) is 22.9. The van der Waals surface area contributed by atoms with Gasteiger partial charge >= 0.3 is 0 Å². The molecule has 0 spiro atoms. The third kappa shape index (κ3) is 7.76. The monoisotopic (exact) mass is 546 g/mol. The van der Waals surface area contributed by atoms with Gasteiger partial charge in [-0.3, -0.25) is 4.79 Å². The molecule has 3 N–H and O–H groups in total. The Bertz CT molecular complexity index is 1440. The molecule has 7 nitrogen and oxygen atoms in total. The summed E-state index contributed by atoms with van der Waals surface area (Å²) in [5.41, 5.74) is 8.34. The first-order valence-corrected chi connectivity index (χ1v) is 13.8. The zero-order chi connectivity index (χ0) is 27.8. The van der Waals surface area contributed by atoms with Crippen molar-refractivity contribution >= 4 is 28.3 Å². The average molecular weight is 547 g/mol. The summed E-state index contributed by atoms with van der Waals surface area (Å²) in [5.74, 6) is -1.21. The highest BCUT2D eigenvalue weighted by Gasteiger charge is 2.22. The molecule has 0 bridgehead atoms. The molecular formula is C31H35ClN4O3. The Kier molecular flexibility index (Phi) is 9.87. The Balaban J connectivity index is 0.000000247. The van der Waals surface area contributed by atoms with Crippen LogP contribution in [-0.2, 0) is 17.6 Å².